The van der Waals surface area contributed by atoms with Gasteiger partial charge in [-0.3, -0.25) is 0 Å². The number of nitrogens with zero attached hydrogens (tertiary/aromatic N) is 3. The molecule has 41 heavy (non-hydrogen) atoms. The lowest BCUT2D eigenvalue weighted by molar-refractivity contribution is 1.07. The third-order valence-electron chi connectivity index (χ3n) is 7.54. The minimum Gasteiger partial charge on any atom is -0.208 e. The topological polar surface area (TPSA) is 38.7 Å². The van der Waals surface area contributed by atoms with Crippen LogP contribution in [0.1, 0.15) is 0 Å². The van der Waals surface area contributed by atoms with Gasteiger partial charge < -0.3 is 0 Å². The molecular formula is C37H23N3S. The Morgan fingerprint density at radius 1 is 0.390 bits per heavy atom. The van der Waals surface area contributed by atoms with E-state index >= 15 is 0 Å². The average Bonchev–Trinajstić information content (AvgIpc) is 3.44. The summed E-state index contributed by atoms with van der Waals surface area (Å²) in [5, 5.41) is 4.89. The van der Waals surface area contributed by atoms with E-state index in [0.29, 0.717) is 17.5 Å². The van der Waals surface area contributed by atoms with Crippen molar-refractivity contribution < 1.29 is 0 Å². The molecule has 0 amide bonds. The van der Waals surface area contributed by atoms with Crippen molar-refractivity contribution in [1.82, 2.24) is 15.0 Å². The first-order valence-corrected chi connectivity index (χ1v) is 14.4. The van der Waals surface area contributed by atoms with Crippen LogP contribution in [0, 0.1) is 0 Å². The Morgan fingerprint density at radius 3 is 1.90 bits per heavy atom. The predicted molar refractivity (Wildman–Crippen MR) is 172 cm³/mol. The first-order valence-electron chi connectivity index (χ1n) is 13.6. The van der Waals surface area contributed by atoms with E-state index < -0.39 is 0 Å². The minimum absolute atomic E-state index is 0.660. The van der Waals surface area contributed by atoms with Crippen molar-refractivity contribution in [3.05, 3.63) is 140 Å². The van der Waals surface area contributed by atoms with E-state index in [0.717, 1.165) is 27.6 Å². The van der Waals surface area contributed by atoms with Gasteiger partial charge >= 0.3 is 0 Å². The van der Waals surface area contributed by atoms with Crippen LogP contribution in [0.5, 0.6) is 0 Å². The molecule has 0 saturated heterocycles. The Labute approximate surface area is 241 Å². The zero-order chi connectivity index (χ0) is 27.2. The van der Waals surface area contributed by atoms with Crippen molar-refractivity contribution in [1.29, 1.82) is 0 Å². The molecule has 2 heterocycles. The largest absolute Gasteiger partial charge is 0.208 e. The Bertz CT molecular complexity index is 2220. The highest BCUT2D eigenvalue weighted by molar-refractivity contribution is 7.25. The molecular weight excluding hydrogens is 518 g/mol. The van der Waals surface area contributed by atoms with Gasteiger partial charge in [-0.05, 0) is 40.1 Å². The van der Waals surface area contributed by atoms with Crippen molar-refractivity contribution in [2.24, 2.45) is 0 Å². The molecule has 8 aromatic rings. The lowest BCUT2D eigenvalue weighted by Gasteiger charge is -2.13. The maximum absolute atomic E-state index is 5.10. The summed E-state index contributed by atoms with van der Waals surface area (Å²) in [7, 11) is 0. The van der Waals surface area contributed by atoms with Crippen LogP contribution in [0.3, 0.4) is 0 Å². The lowest BCUT2D eigenvalue weighted by atomic mass is 9.95. The highest BCUT2D eigenvalue weighted by Gasteiger charge is 2.18. The molecule has 0 atom stereocenters. The zero-order valence-corrected chi connectivity index (χ0v) is 22.8. The smallest absolute Gasteiger partial charge is 0.164 e. The molecule has 0 aliphatic rings. The Balaban J connectivity index is 1.38. The van der Waals surface area contributed by atoms with E-state index in [4.69, 9.17) is 15.0 Å². The maximum Gasteiger partial charge on any atom is 0.164 e. The number of fused-ring (bicyclic) bond motifs is 4. The molecule has 192 valence electrons. The van der Waals surface area contributed by atoms with Gasteiger partial charge in [-0.25, -0.2) is 15.0 Å². The molecule has 3 nitrogen and oxygen atoms in total. The number of thiophene rings is 1. The number of aromatic nitrogens is 3. The van der Waals surface area contributed by atoms with Gasteiger partial charge in [-0.15, -0.1) is 11.3 Å². The maximum atomic E-state index is 5.10. The summed E-state index contributed by atoms with van der Waals surface area (Å²) in [5.41, 5.74) is 5.20. The van der Waals surface area contributed by atoms with E-state index in [1.165, 1.54) is 31.1 Å². The van der Waals surface area contributed by atoms with Crippen molar-refractivity contribution in [2.75, 3.05) is 0 Å². The molecule has 0 bridgehead atoms. The van der Waals surface area contributed by atoms with Gasteiger partial charge in [0.05, 0.1) is 0 Å². The number of hydrogen-bond acceptors (Lipinski definition) is 4. The SMILES string of the molecule is c1ccc(-c2nc(-c3ccc4ccccc4c3)nc(-c3ccccc3-c3cccc4sc5ccccc5c34)n2)cc1. The van der Waals surface area contributed by atoms with Crippen LogP contribution in [0.2, 0.25) is 0 Å². The van der Waals surface area contributed by atoms with Crippen LogP contribution in [0.4, 0.5) is 0 Å². The highest BCUT2D eigenvalue weighted by atomic mass is 32.1. The monoisotopic (exact) mass is 541 g/mol. The predicted octanol–water partition coefficient (Wildman–Crippen LogP) is 10.1. The number of hydrogen-bond donors (Lipinski definition) is 0. The van der Waals surface area contributed by atoms with Crippen molar-refractivity contribution in [3.8, 4) is 45.3 Å². The molecule has 0 spiro atoms. The van der Waals surface area contributed by atoms with E-state index in [2.05, 4.69) is 109 Å². The third kappa shape index (κ3) is 4.17. The first kappa shape index (κ1) is 23.7. The molecule has 0 fully saturated rings. The lowest BCUT2D eigenvalue weighted by Crippen LogP contribution is -2.01. The second-order valence-corrected chi connectivity index (χ2v) is 11.1. The fourth-order valence-electron chi connectivity index (χ4n) is 5.58. The number of benzene rings is 6. The summed E-state index contributed by atoms with van der Waals surface area (Å²) >= 11 is 1.83. The fourth-order valence-corrected chi connectivity index (χ4v) is 6.71. The van der Waals surface area contributed by atoms with Crippen LogP contribution >= 0.6 is 11.3 Å². The molecule has 8 rings (SSSR count). The normalized spacial score (nSPS) is 11.4. The third-order valence-corrected chi connectivity index (χ3v) is 8.67. The van der Waals surface area contributed by atoms with Crippen LogP contribution in [0.15, 0.2) is 140 Å². The van der Waals surface area contributed by atoms with Crippen molar-refractivity contribution >= 4 is 42.3 Å². The van der Waals surface area contributed by atoms with Crippen molar-refractivity contribution in [2.45, 2.75) is 0 Å². The summed E-state index contributed by atoms with van der Waals surface area (Å²) in [6, 6.07) is 48.6. The van der Waals surface area contributed by atoms with Gasteiger partial charge in [0, 0.05) is 36.9 Å². The zero-order valence-electron chi connectivity index (χ0n) is 22.0. The molecule has 0 N–H and O–H groups in total. The molecule has 6 aromatic carbocycles. The molecule has 0 aliphatic carbocycles. The van der Waals surface area contributed by atoms with Crippen LogP contribution in [0.25, 0.3) is 76.2 Å². The van der Waals surface area contributed by atoms with Gasteiger partial charge in [0.15, 0.2) is 17.5 Å². The highest BCUT2D eigenvalue weighted by Crippen LogP contribution is 2.42. The molecule has 0 unspecified atom stereocenters. The molecule has 4 heteroatoms. The Hall–Kier alpha value is -5.19. The average molecular weight is 542 g/mol. The van der Waals surface area contributed by atoms with Gasteiger partial charge in [-0.1, -0.05) is 121 Å². The number of rotatable bonds is 4. The van der Waals surface area contributed by atoms with Gasteiger partial charge in [0.2, 0.25) is 0 Å². The van der Waals surface area contributed by atoms with Crippen LogP contribution in [-0.2, 0) is 0 Å². The first-order chi connectivity index (χ1) is 20.3. The van der Waals surface area contributed by atoms with Crippen LogP contribution < -0.4 is 0 Å². The van der Waals surface area contributed by atoms with E-state index in [1.807, 2.05) is 41.7 Å². The Morgan fingerprint density at radius 2 is 1.02 bits per heavy atom. The molecule has 0 aliphatic heterocycles. The fraction of sp³-hybridized carbons (Fsp3) is 0. The summed E-state index contributed by atoms with van der Waals surface area (Å²) in [5.74, 6) is 1.98. The van der Waals surface area contributed by atoms with E-state index in [1.54, 1.807) is 0 Å². The van der Waals surface area contributed by atoms with Gasteiger partial charge in [0.25, 0.3) is 0 Å². The van der Waals surface area contributed by atoms with E-state index in [9.17, 15) is 0 Å². The molecule has 0 radical (unpaired) electrons. The summed E-state index contributed by atoms with van der Waals surface area (Å²) < 4.78 is 2.56. The van der Waals surface area contributed by atoms with Crippen molar-refractivity contribution in [3.63, 3.8) is 0 Å². The summed E-state index contributed by atoms with van der Waals surface area (Å²) in [6.07, 6.45) is 0. The molecule has 2 aromatic heterocycles. The summed E-state index contributed by atoms with van der Waals surface area (Å²) in [6.45, 7) is 0. The van der Waals surface area contributed by atoms with Gasteiger partial charge in [0.1, 0.15) is 0 Å². The molecule has 0 saturated carbocycles. The minimum atomic E-state index is 0.660. The van der Waals surface area contributed by atoms with Crippen LogP contribution in [-0.4, -0.2) is 15.0 Å². The summed E-state index contributed by atoms with van der Waals surface area (Å²) in [4.78, 5) is 15.1. The standard InChI is InChI=1S/C37H23N3S/c1-2-12-25(13-3-1)35-38-36(27-22-21-24-11-4-5-14-26(24)23-27)40-37(39-35)30-16-7-6-15-28(30)29-18-10-20-33-34(29)31-17-8-9-19-32(31)41-33/h1-23H. The second-order valence-electron chi connectivity index (χ2n) is 10.1. The van der Waals surface area contributed by atoms with E-state index in [-0.39, 0.29) is 0 Å². The second kappa shape index (κ2) is 9.77. The quantitative estimate of drug-likeness (QED) is 0.222. The van der Waals surface area contributed by atoms with Gasteiger partial charge in [-0.2, -0.15) is 0 Å². The Kier molecular flexibility index (Phi) is 5.64.